The fraction of sp³-hybridized carbons (Fsp3) is 0.300. The molecule has 0 bridgehead atoms. The Kier molecular flexibility index (Phi) is 7.62. The van der Waals surface area contributed by atoms with Crippen molar-refractivity contribution >= 4 is 40.5 Å². The molecule has 3 amide bonds. The van der Waals surface area contributed by atoms with Crippen LogP contribution in [0.5, 0.6) is 0 Å². The Balaban J connectivity index is 1.66. The molecule has 7 heteroatoms. The monoisotopic (exact) mass is 498 g/mol. The van der Waals surface area contributed by atoms with Crippen molar-refractivity contribution in [1.82, 2.24) is 0 Å². The summed E-state index contributed by atoms with van der Waals surface area (Å²) in [7, 11) is 0. The third-order valence-corrected chi connectivity index (χ3v) is 6.55. The van der Waals surface area contributed by atoms with Crippen LogP contribution in [0.15, 0.2) is 66.7 Å². The standard InChI is InChI=1S/C30H34N4O3/c1-18(2)30(37)33-25-12-10-24(11-13-25)32-28-15-19(3)34(21(5)36)29-14-9-23(17-27(28)29)22-7-6-8-26(16-22)31-20(4)35/h6-14,16-19,28,32H,15H2,1-5H3,(H,31,35)(H,33,37)/t19-,28+/m0/s1. The van der Waals surface area contributed by atoms with Gasteiger partial charge in [-0.15, -0.1) is 0 Å². The van der Waals surface area contributed by atoms with Gasteiger partial charge in [0, 0.05) is 48.6 Å². The zero-order chi connectivity index (χ0) is 26.7. The minimum Gasteiger partial charge on any atom is -0.378 e. The molecular formula is C30H34N4O3. The van der Waals surface area contributed by atoms with E-state index in [0.29, 0.717) is 0 Å². The molecule has 7 nitrogen and oxygen atoms in total. The number of rotatable bonds is 6. The second-order valence-electron chi connectivity index (χ2n) is 9.93. The van der Waals surface area contributed by atoms with E-state index in [4.69, 9.17) is 0 Å². The zero-order valence-corrected chi connectivity index (χ0v) is 22.0. The number of benzene rings is 3. The van der Waals surface area contributed by atoms with Crippen molar-refractivity contribution in [3.05, 3.63) is 72.3 Å². The van der Waals surface area contributed by atoms with Crippen molar-refractivity contribution in [2.45, 2.75) is 53.1 Å². The average Bonchev–Trinajstić information content (AvgIpc) is 2.84. The Morgan fingerprint density at radius 3 is 2.16 bits per heavy atom. The lowest BCUT2D eigenvalue weighted by Crippen LogP contribution is -2.43. The molecule has 37 heavy (non-hydrogen) atoms. The predicted octanol–water partition coefficient (Wildman–Crippen LogP) is 6.20. The maximum Gasteiger partial charge on any atom is 0.226 e. The molecule has 2 atom stereocenters. The molecular weight excluding hydrogens is 464 g/mol. The van der Waals surface area contributed by atoms with Crippen LogP contribution >= 0.6 is 0 Å². The van der Waals surface area contributed by atoms with Gasteiger partial charge in [0.1, 0.15) is 0 Å². The first kappa shape index (κ1) is 25.9. The molecule has 1 aliphatic heterocycles. The van der Waals surface area contributed by atoms with Gasteiger partial charge in [-0.1, -0.05) is 32.0 Å². The Labute approximate surface area is 218 Å². The van der Waals surface area contributed by atoms with Gasteiger partial charge in [-0.25, -0.2) is 0 Å². The van der Waals surface area contributed by atoms with E-state index < -0.39 is 0 Å². The van der Waals surface area contributed by atoms with Crippen LogP contribution in [-0.2, 0) is 14.4 Å². The first-order chi connectivity index (χ1) is 17.6. The molecule has 1 heterocycles. The minimum absolute atomic E-state index is 0.0119. The molecule has 0 unspecified atom stereocenters. The number of amides is 3. The predicted molar refractivity (Wildman–Crippen MR) is 150 cm³/mol. The Hall–Kier alpha value is -4.13. The molecule has 0 saturated heterocycles. The normalized spacial score (nSPS) is 16.6. The summed E-state index contributed by atoms with van der Waals surface area (Å²) in [5.74, 6) is -0.212. The van der Waals surface area contributed by atoms with Crippen molar-refractivity contribution < 1.29 is 14.4 Å². The zero-order valence-electron chi connectivity index (χ0n) is 22.0. The van der Waals surface area contributed by atoms with Gasteiger partial charge in [-0.05, 0) is 78.6 Å². The van der Waals surface area contributed by atoms with E-state index in [1.807, 2.05) is 79.4 Å². The fourth-order valence-electron chi connectivity index (χ4n) is 4.78. The molecule has 0 aromatic heterocycles. The molecule has 4 rings (SSSR count). The summed E-state index contributed by atoms with van der Waals surface area (Å²) < 4.78 is 0. The minimum atomic E-state index is -0.118. The number of anilines is 4. The van der Waals surface area contributed by atoms with Crippen LogP contribution in [0.25, 0.3) is 11.1 Å². The van der Waals surface area contributed by atoms with E-state index in [2.05, 4.69) is 28.9 Å². The van der Waals surface area contributed by atoms with Gasteiger partial charge in [0.25, 0.3) is 0 Å². The number of nitrogens with one attached hydrogen (secondary N) is 3. The van der Waals surface area contributed by atoms with Gasteiger partial charge in [0.2, 0.25) is 17.7 Å². The molecule has 0 radical (unpaired) electrons. The summed E-state index contributed by atoms with van der Waals surface area (Å²) in [5, 5.41) is 9.40. The van der Waals surface area contributed by atoms with Crippen LogP contribution in [0.1, 0.15) is 52.6 Å². The molecule has 3 N–H and O–H groups in total. The van der Waals surface area contributed by atoms with Crippen molar-refractivity contribution in [1.29, 1.82) is 0 Å². The quantitative estimate of drug-likeness (QED) is 0.377. The molecule has 0 spiro atoms. The third-order valence-electron chi connectivity index (χ3n) is 6.55. The number of nitrogens with zero attached hydrogens (tertiary/aromatic N) is 1. The average molecular weight is 499 g/mol. The van der Waals surface area contributed by atoms with Crippen LogP contribution in [0, 0.1) is 5.92 Å². The molecule has 3 aromatic rings. The lowest BCUT2D eigenvalue weighted by Gasteiger charge is -2.39. The van der Waals surface area contributed by atoms with Crippen molar-refractivity contribution in [3.63, 3.8) is 0 Å². The Morgan fingerprint density at radius 2 is 1.51 bits per heavy atom. The van der Waals surface area contributed by atoms with Crippen LogP contribution in [-0.4, -0.2) is 23.8 Å². The summed E-state index contributed by atoms with van der Waals surface area (Å²) in [5.41, 5.74) is 6.33. The summed E-state index contributed by atoms with van der Waals surface area (Å²) >= 11 is 0. The summed E-state index contributed by atoms with van der Waals surface area (Å²) in [6.45, 7) is 8.88. The second-order valence-corrected chi connectivity index (χ2v) is 9.93. The van der Waals surface area contributed by atoms with Gasteiger partial charge < -0.3 is 20.9 Å². The third kappa shape index (κ3) is 6.00. The Morgan fingerprint density at radius 1 is 0.838 bits per heavy atom. The Bertz CT molecular complexity index is 1320. The number of hydrogen-bond donors (Lipinski definition) is 3. The lowest BCUT2D eigenvalue weighted by atomic mass is 9.88. The number of carbonyl (C=O) groups is 3. The topological polar surface area (TPSA) is 90.5 Å². The maximum absolute atomic E-state index is 12.5. The van der Waals surface area contributed by atoms with E-state index in [-0.39, 0.29) is 35.7 Å². The van der Waals surface area contributed by atoms with Crippen LogP contribution in [0.3, 0.4) is 0 Å². The van der Waals surface area contributed by atoms with Crippen molar-refractivity contribution in [2.24, 2.45) is 5.92 Å². The number of fused-ring (bicyclic) bond motifs is 1. The van der Waals surface area contributed by atoms with Gasteiger partial charge in [0.05, 0.1) is 6.04 Å². The number of carbonyl (C=O) groups excluding carboxylic acids is 3. The van der Waals surface area contributed by atoms with E-state index >= 15 is 0 Å². The first-order valence-electron chi connectivity index (χ1n) is 12.6. The van der Waals surface area contributed by atoms with E-state index in [1.165, 1.54) is 6.92 Å². The molecule has 0 aliphatic carbocycles. The van der Waals surface area contributed by atoms with Crippen molar-refractivity contribution in [3.8, 4) is 11.1 Å². The van der Waals surface area contributed by atoms with Gasteiger partial charge >= 0.3 is 0 Å². The van der Waals surface area contributed by atoms with Gasteiger partial charge in [0.15, 0.2) is 0 Å². The lowest BCUT2D eigenvalue weighted by molar-refractivity contribution is -0.119. The van der Waals surface area contributed by atoms with E-state index in [0.717, 1.165) is 45.9 Å². The van der Waals surface area contributed by atoms with Crippen molar-refractivity contribution in [2.75, 3.05) is 20.9 Å². The highest BCUT2D eigenvalue weighted by atomic mass is 16.2. The molecule has 0 saturated carbocycles. The van der Waals surface area contributed by atoms with Gasteiger partial charge in [-0.3, -0.25) is 14.4 Å². The summed E-state index contributed by atoms with van der Waals surface area (Å²) in [4.78, 5) is 37.9. The van der Waals surface area contributed by atoms with E-state index in [1.54, 1.807) is 6.92 Å². The summed E-state index contributed by atoms with van der Waals surface area (Å²) in [6.07, 6.45) is 0.744. The SMILES string of the molecule is CC(=O)Nc1cccc(-c2ccc3c(c2)[C@H](Nc2ccc(NC(=O)C(C)C)cc2)C[C@H](C)N3C(C)=O)c1. The van der Waals surface area contributed by atoms with Crippen LogP contribution in [0.2, 0.25) is 0 Å². The molecule has 3 aromatic carbocycles. The highest BCUT2D eigenvalue weighted by molar-refractivity contribution is 5.95. The van der Waals surface area contributed by atoms with Crippen LogP contribution < -0.4 is 20.9 Å². The maximum atomic E-state index is 12.5. The van der Waals surface area contributed by atoms with Gasteiger partial charge in [-0.2, -0.15) is 0 Å². The molecule has 1 aliphatic rings. The van der Waals surface area contributed by atoms with Crippen LogP contribution in [0.4, 0.5) is 22.7 Å². The molecule has 192 valence electrons. The largest absolute Gasteiger partial charge is 0.378 e. The fourth-order valence-corrected chi connectivity index (χ4v) is 4.78. The van der Waals surface area contributed by atoms with E-state index in [9.17, 15) is 14.4 Å². The molecule has 0 fully saturated rings. The smallest absolute Gasteiger partial charge is 0.226 e. The second kappa shape index (κ2) is 10.9. The first-order valence-corrected chi connectivity index (χ1v) is 12.6. The summed E-state index contributed by atoms with van der Waals surface area (Å²) in [6, 6.07) is 21.6. The number of hydrogen-bond acceptors (Lipinski definition) is 4. The highest BCUT2D eigenvalue weighted by Crippen LogP contribution is 2.41. The highest BCUT2D eigenvalue weighted by Gasteiger charge is 2.32.